The molecule has 0 aliphatic heterocycles. The van der Waals surface area contributed by atoms with Crippen molar-refractivity contribution in [3.8, 4) is 0 Å². The lowest BCUT2D eigenvalue weighted by atomic mass is 10.0. The molecule has 4 heteroatoms. The first-order chi connectivity index (χ1) is 14.8. The van der Waals surface area contributed by atoms with E-state index in [1.165, 1.54) is 141 Å². The highest BCUT2D eigenvalue weighted by Crippen LogP contribution is 2.17. The Morgan fingerprint density at radius 2 is 0.700 bits per heavy atom. The molecule has 0 saturated carbocycles. The first-order valence-electron chi connectivity index (χ1n) is 13.6. The van der Waals surface area contributed by atoms with Gasteiger partial charge in [0.2, 0.25) is 0 Å². The molecule has 0 aromatic heterocycles. The highest BCUT2D eigenvalue weighted by Gasteiger charge is 2.09. The van der Waals surface area contributed by atoms with Crippen LogP contribution in [0.1, 0.15) is 161 Å². The minimum absolute atomic E-state index is 0.422. The topological polar surface area (TPSA) is 46.5 Å². The summed E-state index contributed by atoms with van der Waals surface area (Å²) in [5.41, 5.74) is 0. The summed E-state index contributed by atoms with van der Waals surface area (Å²) in [7, 11) is -2.40. The van der Waals surface area contributed by atoms with Crippen LogP contribution in [0.5, 0.6) is 0 Å². The molecular weight excluding hydrogens is 391 g/mol. The zero-order valence-electron chi connectivity index (χ0n) is 20.4. The maximum absolute atomic E-state index is 10.4. The van der Waals surface area contributed by atoms with Gasteiger partial charge in [0.25, 0.3) is 0 Å². The molecule has 0 fully saturated rings. The maximum atomic E-state index is 10.4. The largest absolute Gasteiger partial charge is 0.694 e. The molecule has 0 aromatic carbocycles. The van der Waals surface area contributed by atoms with E-state index in [1.807, 2.05) is 0 Å². The van der Waals surface area contributed by atoms with E-state index in [4.69, 9.17) is 4.89 Å². The van der Waals surface area contributed by atoms with Crippen molar-refractivity contribution in [2.45, 2.75) is 161 Å². The first kappa shape index (κ1) is 30.0. The molecule has 30 heavy (non-hydrogen) atoms. The Bertz CT molecular complexity index is 336. The van der Waals surface area contributed by atoms with Crippen LogP contribution in [-0.2, 0) is 9.09 Å². The Balaban J connectivity index is 2.99. The lowest BCUT2D eigenvalue weighted by molar-refractivity contribution is 0.273. The van der Waals surface area contributed by atoms with E-state index in [-0.39, 0.29) is 0 Å². The smallest absolute Gasteiger partial charge is 0.133 e. The van der Waals surface area contributed by atoms with E-state index in [0.29, 0.717) is 6.61 Å². The molecule has 1 atom stereocenters. The summed E-state index contributed by atoms with van der Waals surface area (Å²) >= 11 is 0. The molecule has 0 aliphatic carbocycles. The van der Waals surface area contributed by atoms with Gasteiger partial charge in [-0.2, -0.15) is 0 Å². The molecule has 1 N–H and O–H groups in total. The predicted octanol–water partition coefficient (Wildman–Crippen LogP) is 10.0. The van der Waals surface area contributed by atoms with Crippen LogP contribution in [-0.4, -0.2) is 11.5 Å². The lowest BCUT2D eigenvalue weighted by Gasteiger charge is -2.04. The Labute approximate surface area is 190 Å². The van der Waals surface area contributed by atoms with Crippen molar-refractivity contribution in [3.63, 3.8) is 0 Å². The van der Waals surface area contributed by atoms with Crippen LogP contribution in [0.25, 0.3) is 0 Å². The van der Waals surface area contributed by atoms with Crippen molar-refractivity contribution >= 4 is 8.25 Å². The molecule has 3 nitrogen and oxygen atoms in total. The first-order valence-corrected chi connectivity index (χ1v) is 14.7. The maximum Gasteiger partial charge on any atom is 0.694 e. The predicted molar refractivity (Wildman–Crippen MR) is 132 cm³/mol. The minimum atomic E-state index is -2.40. The average molecular weight is 446 g/mol. The van der Waals surface area contributed by atoms with Crippen LogP contribution in [0, 0.1) is 0 Å². The van der Waals surface area contributed by atoms with Crippen molar-refractivity contribution < 1.29 is 14.0 Å². The van der Waals surface area contributed by atoms with Gasteiger partial charge in [-0.1, -0.05) is 155 Å². The fraction of sp³-hybridized carbons (Fsp3) is 1.00. The van der Waals surface area contributed by atoms with Crippen molar-refractivity contribution in [2.24, 2.45) is 0 Å². The molecule has 0 aliphatic rings. The second-order valence-electron chi connectivity index (χ2n) is 9.20. The van der Waals surface area contributed by atoms with Gasteiger partial charge < -0.3 is 0 Å². The number of unbranched alkanes of at least 4 members (excludes halogenated alkanes) is 23. The molecule has 1 unspecified atom stereocenters. The van der Waals surface area contributed by atoms with E-state index in [0.717, 1.165) is 12.8 Å². The summed E-state index contributed by atoms with van der Waals surface area (Å²) in [4.78, 5) is 8.52. The fourth-order valence-electron chi connectivity index (χ4n) is 4.21. The molecule has 0 amide bonds. The van der Waals surface area contributed by atoms with E-state index in [9.17, 15) is 4.57 Å². The normalized spacial score (nSPS) is 11.9. The zero-order valence-corrected chi connectivity index (χ0v) is 21.3. The third-order valence-corrected chi connectivity index (χ3v) is 6.60. The fourth-order valence-corrected chi connectivity index (χ4v) is 4.49. The Kier molecular flexibility index (Phi) is 27.1. The number of hydrogen-bond acceptors (Lipinski definition) is 2. The van der Waals surface area contributed by atoms with Gasteiger partial charge >= 0.3 is 8.25 Å². The summed E-state index contributed by atoms with van der Waals surface area (Å²) < 4.78 is 15.0. The van der Waals surface area contributed by atoms with Crippen molar-refractivity contribution in [3.05, 3.63) is 0 Å². The van der Waals surface area contributed by atoms with Crippen molar-refractivity contribution in [1.29, 1.82) is 0 Å². The summed E-state index contributed by atoms with van der Waals surface area (Å²) in [5.74, 6) is 0. The Morgan fingerprint density at radius 3 is 0.933 bits per heavy atom. The van der Waals surface area contributed by atoms with Crippen molar-refractivity contribution in [2.75, 3.05) is 6.61 Å². The van der Waals surface area contributed by atoms with Gasteiger partial charge in [0.15, 0.2) is 0 Å². The molecular formula is C26H54O3P+. The lowest BCUT2D eigenvalue weighted by Crippen LogP contribution is -1.87. The molecule has 0 radical (unpaired) electrons. The second kappa shape index (κ2) is 27.1. The highest BCUT2D eigenvalue weighted by atomic mass is 31.1. The van der Waals surface area contributed by atoms with Gasteiger partial charge in [-0.15, -0.1) is 9.42 Å². The van der Waals surface area contributed by atoms with E-state index in [1.54, 1.807) is 0 Å². The van der Waals surface area contributed by atoms with E-state index in [2.05, 4.69) is 11.4 Å². The molecule has 0 spiro atoms. The summed E-state index contributed by atoms with van der Waals surface area (Å²) in [6, 6.07) is 0. The van der Waals surface area contributed by atoms with Crippen LogP contribution in [0.3, 0.4) is 0 Å². The minimum Gasteiger partial charge on any atom is -0.133 e. The summed E-state index contributed by atoms with van der Waals surface area (Å²) in [6.07, 6.45) is 33.2. The van der Waals surface area contributed by atoms with Gasteiger partial charge in [-0.05, 0) is 6.42 Å². The Hall–Kier alpha value is 0.0200. The van der Waals surface area contributed by atoms with Crippen LogP contribution in [0.2, 0.25) is 0 Å². The van der Waals surface area contributed by atoms with Crippen molar-refractivity contribution in [1.82, 2.24) is 0 Å². The zero-order chi connectivity index (χ0) is 22.0. The van der Waals surface area contributed by atoms with Gasteiger partial charge in [-0.25, -0.2) is 0 Å². The Morgan fingerprint density at radius 1 is 0.467 bits per heavy atom. The molecule has 0 aromatic rings. The summed E-state index contributed by atoms with van der Waals surface area (Å²) in [6.45, 7) is 2.71. The SMILES string of the molecule is CCCCCCCCCCCCCCCCCCCCCCCCCCO[P+](=O)O. The van der Waals surface area contributed by atoms with Crippen LogP contribution in [0.15, 0.2) is 0 Å². The van der Waals surface area contributed by atoms with E-state index < -0.39 is 8.25 Å². The molecule has 0 bridgehead atoms. The van der Waals surface area contributed by atoms with Gasteiger partial charge in [-0.3, -0.25) is 0 Å². The molecule has 0 heterocycles. The van der Waals surface area contributed by atoms with Gasteiger partial charge in [0.05, 0.1) is 0 Å². The third kappa shape index (κ3) is 28.0. The van der Waals surface area contributed by atoms with Crippen LogP contribution < -0.4 is 0 Å². The number of hydrogen-bond donors (Lipinski definition) is 1. The summed E-state index contributed by atoms with van der Waals surface area (Å²) in [5, 5.41) is 0. The van der Waals surface area contributed by atoms with E-state index >= 15 is 0 Å². The van der Waals surface area contributed by atoms with Gasteiger partial charge in [0.1, 0.15) is 6.61 Å². The molecule has 0 rings (SSSR count). The van der Waals surface area contributed by atoms with Crippen LogP contribution >= 0.6 is 8.25 Å². The molecule has 0 saturated heterocycles. The second-order valence-corrected chi connectivity index (χ2v) is 9.94. The standard InChI is InChI=1S/C26H53O3P/c1-2-3-4-5-6-7-8-9-10-11-12-13-14-15-16-17-18-19-20-21-22-23-24-25-26-29-30(27)28/h2-26H2,1H3/p+1. The number of rotatable bonds is 26. The average Bonchev–Trinajstić information content (AvgIpc) is 2.73. The quantitative estimate of drug-likeness (QED) is 0.106. The van der Waals surface area contributed by atoms with Gasteiger partial charge in [0, 0.05) is 4.57 Å². The van der Waals surface area contributed by atoms with Crippen LogP contribution in [0.4, 0.5) is 0 Å². The highest BCUT2D eigenvalue weighted by molar-refractivity contribution is 7.32. The third-order valence-electron chi connectivity index (χ3n) is 6.20. The monoisotopic (exact) mass is 445 g/mol. The molecule has 180 valence electrons.